The highest BCUT2D eigenvalue weighted by atomic mass is 19.1. The maximum Gasteiger partial charge on any atom is 0.225 e. The Labute approximate surface area is 211 Å². The summed E-state index contributed by atoms with van der Waals surface area (Å²) in [5.41, 5.74) is 3.14. The average molecular weight is 491 g/mol. The Balaban J connectivity index is 1.79. The van der Waals surface area contributed by atoms with E-state index in [-0.39, 0.29) is 5.82 Å². The Kier molecular flexibility index (Phi) is 9.93. The predicted octanol–water partition coefficient (Wildman–Crippen LogP) is 3.96. The van der Waals surface area contributed by atoms with Crippen molar-refractivity contribution in [3.8, 4) is 5.75 Å². The first kappa shape index (κ1) is 26.3. The summed E-state index contributed by atoms with van der Waals surface area (Å²) in [6, 6.07) is 15.6. The lowest BCUT2D eigenvalue weighted by Crippen LogP contribution is -2.35. The molecule has 1 aromatic heterocycles. The molecule has 0 fully saturated rings. The van der Waals surface area contributed by atoms with Crippen LogP contribution in [0.4, 0.5) is 10.3 Å². The number of methoxy groups -OCH3 is 1. The van der Waals surface area contributed by atoms with E-state index in [1.807, 2.05) is 41.1 Å². The van der Waals surface area contributed by atoms with E-state index < -0.39 is 0 Å². The summed E-state index contributed by atoms with van der Waals surface area (Å²) in [6.45, 7) is 8.37. The van der Waals surface area contributed by atoms with E-state index in [9.17, 15) is 9.18 Å². The largest absolute Gasteiger partial charge is 0.497 e. The zero-order valence-corrected chi connectivity index (χ0v) is 20.6. The van der Waals surface area contributed by atoms with Crippen LogP contribution in [0, 0.1) is 5.82 Å². The normalized spacial score (nSPS) is 11.0. The molecule has 0 aliphatic rings. The quantitative estimate of drug-likeness (QED) is 0.159. The van der Waals surface area contributed by atoms with Gasteiger partial charge in [0.2, 0.25) is 12.4 Å². The molecule has 36 heavy (non-hydrogen) atoms. The summed E-state index contributed by atoms with van der Waals surface area (Å²) in [5, 5.41) is 9.37. The number of carbonyl (C=O) groups excluding carboxylic acids is 1. The van der Waals surface area contributed by atoms with Crippen LogP contribution in [0.25, 0.3) is 5.70 Å². The van der Waals surface area contributed by atoms with Crippen molar-refractivity contribution in [3.63, 3.8) is 0 Å². The molecule has 0 saturated heterocycles. The van der Waals surface area contributed by atoms with Crippen molar-refractivity contribution in [1.82, 2.24) is 20.3 Å². The van der Waals surface area contributed by atoms with Crippen LogP contribution in [0.5, 0.6) is 5.75 Å². The second kappa shape index (κ2) is 13.6. The second-order valence-corrected chi connectivity index (χ2v) is 7.96. The molecule has 3 aromatic rings. The SMILES string of the molecule is C=C(c1ccc(F)cc1)N(CCCN(CCNC=O)c1ncccn1)/N=C(\C)c1cccc(OC)c1. The van der Waals surface area contributed by atoms with Crippen LogP contribution in [-0.2, 0) is 4.79 Å². The Hall–Kier alpha value is -4.27. The number of ether oxygens (including phenoxy) is 1. The number of anilines is 1. The lowest BCUT2D eigenvalue weighted by molar-refractivity contribution is -0.109. The third kappa shape index (κ3) is 7.63. The molecule has 9 heteroatoms. The van der Waals surface area contributed by atoms with Crippen LogP contribution in [0.3, 0.4) is 0 Å². The van der Waals surface area contributed by atoms with Crippen LogP contribution >= 0.6 is 0 Å². The topological polar surface area (TPSA) is 83.0 Å². The van der Waals surface area contributed by atoms with Gasteiger partial charge in [-0.3, -0.25) is 9.80 Å². The van der Waals surface area contributed by atoms with Crippen molar-refractivity contribution < 1.29 is 13.9 Å². The molecule has 3 rings (SSSR count). The van der Waals surface area contributed by atoms with Gasteiger partial charge in [-0.15, -0.1) is 0 Å². The Morgan fingerprint density at radius 1 is 1.08 bits per heavy atom. The lowest BCUT2D eigenvalue weighted by Gasteiger charge is -2.26. The van der Waals surface area contributed by atoms with Crippen LogP contribution < -0.4 is 15.0 Å². The zero-order valence-electron chi connectivity index (χ0n) is 20.6. The van der Waals surface area contributed by atoms with E-state index >= 15 is 0 Å². The van der Waals surface area contributed by atoms with Crippen molar-refractivity contribution >= 4 is 23.8 Å². The van der Waals surface area contributed by atoms with Gasteiger partial charge in [-0.2, -0.15) is 5.10 Å². The van der Waals surface area contributed by atoms with Crippen LogP contribution in [0.2, 0.25) is 0 Å². The van der Waals surface area contributed by atoms with Gasteiger partial charge in [-0.1, -0.05) is 18.7 Å². The number of hydrazone groups is 1. The summed E-state index contributed by atoms with van der Waals surface area (Å²) in [5.74, 6) is 1.02. The molecule has 1 amide bonds. The van der Waals surface area contributed by atoms with Gasteiger partial charge >= 0.3 is 0 Å². The molecule has 0 spiro atoms. The van der Waals surface area contributed by atoms with E-state index in [1.54, 1.807) is 37.7 Å². The first-order chi connectivity index (χ1) is 17.5. The van der Waals surface area contributed by atoms with Crippen molar-refractivity contribution in [2.75, 3.05) is 38.2 Å². The molecule has 8 nitrogen and oxygen atoms in total. The van der Waals surface area contributed by atoms with Crippen LogP contribution in [-0.4, -0.2) is 60.4 Å². The minimum Gasteiger partial charge on any atom is -0.497 e. The van der Waals surface area contributed by atoms with Crippen molar-refractivity contribution in [3.05, 3.63) is 90.5 Å². The van der Waals surface area contributed by atoms with E-state index in [1.165, 1.54) is 12.1 Å². The maximum atomic E-state index is 13.5. The van der Waals surface area contributed by atoms with Crippen LogP contribution in [0.1, 0.15) is 24.5 Å². The minimum atomic E-state index is -0.309. The van der Waals surface area contributed by atoms with Crippen molar-refractivity contribution in [1.29, 1.82) is 0 Å². The van der Waals surface area contributed by atoms with E-state index in [2.05, 4.69) is 21.9 Å². The molecular formula is C27H31FN6O2. The average Bonchev–Trinajstić information content (AvgIpc) is 2.92. The van der Waals surface area contributed by atoms with Gasteiger partial charge in [0.25, 0.3) is 0 Å². The molecule has 0 radical (unpaired) electrons. The standard InChI is InChI=1S/C27H31FN6O2/c1-21(24-7-4-8-26(19-24)36-3)32-34(22(2)23-9-11-25(28)12-10-23)17-6-16-33(18-15-29-20-35)27-30-13-5-14-31-27/h4-5,7-14,19-20H,2,6,15-18H2,1,3H3,(H,29,35)/b32-21+. The van der Waals surface area contributed by atoms with Crippen molar-refractivity contribution in [2.24, 2.45) is 5.10 Å². The molecule has 1 heterocycles. The highest BCUT2D eigenvalue weighted by Gasteiger charge is 2.14. The highest BCUT2D eigenvalue weighted by Crippen LogP contribution is 2.21. The Bertz CT molecular complexity index is 1150. The number of nitrogens with zero attached hydrogens (tertiary/aromatic N) is 5. The number of nitrogens with one attached hydrogen (secondary N) is 1. The predicted molar refractivity (Wildman–Crippen MR) is 140 cm³/mol. The molecule has 0 unspecified atom stereocenters. The molecule has 0 atom stereocenters. The third-order valence-corrected chi connectivity index (χ3v) is 5.49. The summed E-state index contributed by atoms with van der Waals surface area (Å²) < 4.78 is 18.9. The van der Waals surface area contributed by atoms with E-state index in [4.69, 9.17) is 9.84 Å². The number of aromatic nitrogens is 2. The smallest absolute Gasteiger partial charge is 0.225 e. The highest BCUT2D eigenvalue weighted by molar-refractivity contribution is 5.99. The maximum absolute atomic E-state index is 13.5. The van der Waals surface area contributed by atoms with Gasteiger partial charge < -0.3 is 15.0 Å². The van der Waals surface area contributed by atoms with E-state index in [0.717, 1.165) is 22.6 Å². The van der Waals surface area contributed by atoms with Gasteiger partial charge in [0.1, 0.15) is 11.6 Å². The summed E-state index contributed by atoms with van der Waals surface area (Å²) >= 11 is 0. The van der Waals surface area contributed by atoms with Crippen LogP contribution in [0.15, 0.2) is 78.7 Å². The zero-order chi connectivity index (χ0) is 25.8. The minimum absolute atomic E-state index is 0.309. The van der Waals surface area contributed by atoms with Crippen molar-refractivity contribution in [2.45, 2.75) is 13.3 Å². The molecule has 188 valence electrons. The van der Waals surface area contributed by atoms with Gasteiger partial charge in [-0.05, 0) is 61.4 Å². The number of hydrogen-bond donors (Lipinski definition) is 1. The van der Waals surface area contributed by atoms with Gasteiger partial charge in [0.05, 0.1) is 18.5 Å². The van der Waals surface area contributed by atoms with Gasteiger partial charge in [-0.25, -0.2) is 14.4 Å². The molecule has 2 aromatic carbocycles. The number of benzene rings is 2. The summed E-state index contributed by atoms with van der Waals surface area (Å²) in [7, 11) is 1.63. The molecule has 0 bridgehead atoms. The fraction of sp³-hybridized carbons (Fsp3) is 0.259. The number of carbonyl (C=O) groups is 1. The number of rotatable bonds is 14. The number of hydrogen-bond acceptors (Lipinski definition) is 7. The van der Waals surface area contributed by atoms with Gasteiger partial charge in [0, 0.05) is 44.1 Å². The number of halogens is 1. The Morgan fingerprint density at radius 2 is 1.83 bits per heavy atom. The fourth-order valence-corrected chi connectivity index (χ4v) is 3.56. The second-order valence-electron chi connectivity index (χ2n) is 7.96. The molecule has 0 saturated carbocycles. The molecule has 1 N–H and O–H groups in total. The fourth-order valence-electron chi connectivity index (χ4n) is 3.56. The van der Waals surface area contributed by atoms with E-state index in [0.29, 0.717) is 50.7 Å². The first-order valence-electron chi connectivity index (χ1n) is 11.6. The Morgan fingerprint density at radius 3 is 2.53 bits per heavy atom. The summed E-state index contributed by atoms with van der Waals surface area (Å²) in [4.78, 5) is 21.4. The number of amides is 1. The lowest BCUT2D eigenvalue weighted by atomic mass is 10.1. The summed E-state index contributed by atoms with van der Waals surface area (Å²) in [6.07, 6.45) is 4.75. The third-order valence-electron chi connectivity index (χ3n) is 5.49. The molecule has 0 aliphatic carbocycles. The molecular weight excluding hydrogens is 459 g/mol. The first-order valence-corrected chi connectivity index (χ1v) is 11.6. The monoisotopic (exact) mass is 490 g/mol. The van der Waals surface area contributed by atoms with Gasteiger partial charge in [0.15, 0.2) is 0 Å². The molecule has 0 aliphatic heterocycles.